The number of likely N-dealkylation sites (tertiary alicyclic amines) is 1. The molecule has 0 bridgehead atoms. The zero-order valence-electron chi connectivity index (χ0n) is 14.7. The molecule has 0 saturated carbocycles. The smallest absolute Gasteiger partial charge is 0.0490 e. The Kier molecular flexibility index (Phi) is 4.66. The summed E-state index contributed by atoms with van der Waals surface area (Å²) in [5, 5.41) is 7.39. The molecule has 0 radical (unpaired) electrons. The number of benzene rings is 2. The highest BCUT2D eigenvalue weighted by Crippen LogP contribution is 2.39. The van der Waals surface area contributed by atoms with Crippen molar-refractivity contribution in [2.75, 3.05) is 19.6 Å². The standard InChI is InChI=1S/C22H25N3/c1-17(18-8-4-2-5-9-18)14-25-15-20(19-10-6-3-7-11-19)21(16-25)22-12-13-23-24-22/h2-13,17,20-21H,14-16H2,1H3,(H,23,24)/t17?,20-,21+/m0/s1. The maximum atomic E-state index is 4.18. The number of aromatic amines is 1. The van der Waals surface area contributed by atoms with Crippen LogP contribution in [0.1, 0.15) is 41.5 Å². The van der Waals surface area contributed by atoms with Crippen molar-refractivity contribution in [2.45, 2.75) is 24.7 Å². The second kappa shape index (κ2) is 7.24. The van der Waals surface area contributed by atoms with Gasteiger partial charge in [-0.2, -0.15) is 5.10 Å². The summed E-state index contributed by atoms with van der Waals surface area (Å²) in [6.07, 6.45) is 1.87. The van der Waals surface area contributed by atoms with E-state index >= 15 is 0 Å². The molecule has 3 heteroatoms. The minimum absolute atomic E-state index is 0.480. The van der Waals surface area contributed by atoms with Gasteiger partial charge in [0, 0.05) is 43.4 Å². The third-order valence-electron chi connectivity index (χ3n) is 5.45. The zero-order chi connectivity index (χ0) is 17.1. The van der Waals surface area contributed by atoms with E-state index in [1.54, 1.807) is 0 Å². The van der Waals surface area contributed by atoms with Gasteiger partial charge in [0.25, 0.3) is 0 Å². The van der Waals surface area contributed by atoms with Crippen molar-refractivity contribution in [3.05, 3.63) is 89.7 Å². The Morgan fingerprint density at radius 3 is 2.32 bits per heavy atom. The number of nitrogens with zero attached hydrogens (tertiary/aromatic N) is 2. The van der Waals surface area contributed by atoms with Crippen molar-refractivity contribution in [2.24, 2.45) is 0 Å². The van der Waals surface area contributed by atoms with Crippen LogP contribution >= 0.6 is 0 Å². The second-order valence-electron chi connectivity index (χ2n) is 7.17. The number of hydrogen-bond donors (Lipinski definition) is 1. The summed E-state index contributed by atoms with van der Waals surface area (Å²) in [5.41, 5.74) is 4.10. The van der Waals surface area contributed by atoms with E-state index in [-0.39, 0.29) is 0 Å². The second-order valence-corrected chi connectivity index (χ2v) is 7.17. The molecule has 0 spiro atoms. The predicted molar refractivity (Wildman–Crippen MR) is 102 cm³/mol. The Balaban J connectivity index is 1.53. The van der Waals surface area contributed by atoms with Gasteiger partial charge in [-0.15, -0.1) is 0 Å². The summed E-state index contributed by atoms with van der Waals surface area (Å²) in [6, 6.07) is 23.9. The number of nitrogens with one attached hydrogen (secondary N) is 1. The topological polar surface area (TPSA) is 31.9 Å². The lowest BCUT2D eigenvalue weighted by Crippen LogP contribution is -2.25. The number of H-pyrrole nitrogens is 1. The zero-order valence-corrected chi connectivity index (χ0v) is 14.7. The summed E-state index contributed by atoms with van der Waals surface area (Å²) in [7, 11) is 0. The van der Waals surface area contributed by atoms with Crippen LogP contribution < -0.4 is 0 Å². The highest BCUT2D eigenvalue weighted by molar-refractivity contribution is 5.28. The average molecular weight is 331 g/mol. The summed E-state index contributed by atoms with van der Waals surface area (Å²) >= 11 is 0. The molecular weight excluding hydrogens is 306 g/mol. The van der Waals surface area contributed by atoms with E-state index in [0.717, 1.165) is 19.6 Å². The van der Waals surface area contributed by atoms with Crippen LogP contribution in [0.2, 0.25) is 0 Å². The minimum atomic E-state index is 0.480. The molecule has 0 amide bonds. The van der Waals surface area contributed by atoms with Crippen LogP contribution in [-0.4, -0.2) is 34.7 Å². The van der Waals surface area contributed by atoms with E-state index in [4.69, 9.17) is 0 Å². The first-order valence-electron chi connectivity index (χ1n) is 9.13. The van der Waals surface area contributed by atoms with Crippen LogP contribution in [0.15, 0.2) is 72.9 Å². The lowest BCUT2D eigenvalue weighted by atomic mass is 9.87. The Bertz CT molecular complexity index is 768. The third kappa shape index (κ3) is 3.52. The van der Waals surface area contributed by atoms with Gasteiger partial charge in [-0.05, 0) is 23.1 Å². The molecule has 4 rings (SSSR count). The third-order valence-corrected chi connectivity index (χ3v) is 5.45. The molecule has 128 valence electrons. The lowest BCUT2D eigenvalue weighted by molar-refractivity contribution is 0.313. The van der Waals surface area contributed by atoms with Crippen molar-refractivity contribution in [3.8, 4) is 0 Å². The lowest BCUT2D eigenvalue weighted by Gasteiger charge is -2.21. The molecule has 3 atom stereocenters. The monoisotopic (exact) mass is 331 g/mol. The molecule has 1 N–H and O–H groups in total. The van der Waals surface area contributed by atoms with Gasteiger partial charge in [0.15, 0.2) is 0 Å². The fraction of sp³-hybridized carbons (Fsp3) is 0.318. The average Bonchev–Trinajstić information content (AvgIpc) is 3.33. The molecule has 1 fully saturated rings. The Hall–Kier alpha value is -2.39. The maximum absolute atomic E-state index is 4.18. The van der Waals surface area contributed by atoms with Gasteiger partial charge >= 0.3 is 0 Å². The van der Waals surface area contributed by atoms with Gasteiger partial charge in [-0.1, -0.05) is 67.6 Å². The van der Waals surface area contributed by atoms with Crippen LogP contribution in [0.5, 0.6) is 0 Å². The van der Waals surface area contributed by atoms with Gasteiger partial charge in [0.2, 0.25) is 0 Å². The SMILES string of the molecule is CC(CN1C[C@@H](c2ccccc2)[C@H](c2ccn[nH]2)C1)c1ccccc1. The molecule has 3 aromatic rings. The number of aromatic nitrogens is 2. The van der Waals surface area contributed by atoms with Gasteiger partial charge in [0.1, 0.15) is 0 Å². The molecule has 25 heavy (non-hydrogen) atoms. The molecule has 2 aromatic carbocycles. The summed E-state index contributed by atoms with van der Waals surface area (Å²) < 4.78 is 0. The maximum Gasteiger partial charge on any atom is 0.0490 e. The largest absolute Gasteiger partial charge is 0.301 e. The summed E-state index contributed by atoms with van der Waals surface area (Å²) in [5.74, 6) is 1.54. The van der Waals surface area contributed by atoms with Crippen LogP contribution in [0, 0.1) is 0 Å². The molecule has 0 aliphatic carbocycles. The van der Waals surface area contributed by atoms with E-state index in [0.29, 0.717) is 17.8 Å². The van der Waals surface area contributed by atoms with Gasteiger partial charge in [-0.25, -0.2) is 0 Å². The van der Waals surface area contributed by atoms with E-state index in [2.05, 4.69) is 88.8 Å². The number of hydrogen-bond acceptors (Lipinski definition) is 2. The highest BCUT2D eigenvalue weighted by atomic mass is 15.2. The van der Waals surface area contributed by atoms with Gasteiger partial charge < -0.3 is 4.90 Å². The van der Waals surface area contributed by atoms with Crippen molar-refractivity contribution in [1.29, 1.82) is 0 Å². The van der Waals surface area contributed by atoms with Crippen molar-refractivity contribution in [3.63, 3.8) is 0 Å². The Morgan fingerprint density at radius 2 is 1.64 bits per heavy atom. The first-order chi connectivity index (χ1) is 12.3. The molecule has 1 aliphatic rings. The Labute approximate surface area is 149 Å². The molecule has 1 unspecified atom stereocenters. The van der Waals surface area contributed by atoms with Crippen molar-refractivity contribution in [1.82, 2.24) is 15.1 Å². The van der Waals surface area contributed by atoms with E-state index < -0.39 is 0 Å². The fourth-order valence-electron chi connectivity index (χ4n) is 4.13. The quantitative estimate of drug-likeness (QED) is 0.751. The molecule has 1 aromatic heterocycles. The molecule has 1 saturated heterocycles. The summed E-state index contributed by atoms with van der Waals surface area (Å²) in [6.45, 7) is 5.61. The summed E-state index contributed by atoms with van der Waals surface area (Å²) in [4.78, 5) is 2.61. The van der Waals surface area contributed by atoms with Gasteiger partial charge in [0.05, 0.1) is 0 Å². The first kappa shape index (κ1) is 16.1. The van der Waals surface area contributed by atoms with Crippen molar-refractivity contribution >= 4 is 0 Å². The van der Waals surface area contributed by atoms with Crippen molar-refractivity contribution < 1.29 is 0 Å². The van der Waals surface area contributed by atoms with Crippen LogP contribution in [0.25, 0.3) is 0 Å². The van der Waals surface area contributed by atoms with Crippen LogP contribution in [-0.2, 0) is 0 Å². The molecule has 2 heterocycles. The minimum Gasteiger partial charge on any atom is -0.301 e. The Morgan fingerprint density at radius 1 is 0.960 bits per heavy atom. The normalized spacial score (nSPS) is 22.1. The predicted octanol–water partition coefficient (Wildman–Crippen LogP) is 4.40. The van der Waals surface area contributed by atoms with Gasteiger partial charge in [-0.3, -0.25) is 5.10 Å². The van der Waals surface area contributed by atoms with Crippen LogP contribution in [0.3, 0.4) is 0 Å². The number of rotatable bonds is 5. The molecule has 1 aliphatic heterocycles. The fourth-order valence-corrected chi connectivity index (χ4v) is 4.13. The van der Waals surface area contributed by atoms with E-state index in [1.165, 1.54) is 16.8 Å². The van der Waals surface area contributed by atoms with Crippen LogP contribution in [0.4, 0.5) is 0 Å². The van der Waals surface area contributed by atoms with E-state index in [1.807, 2.05) is 6.20 Å². The van der Waals surface area contributed by atoms with E-state index in [9.17, 15) is 0 Å². The highest BCUT2D eigenvalue weighted by Gasteiger charge is 2.35. The first-order valence-corrected chi connectivity index (χ1v) is 9.13. The molecule has 3 nitrogen and oxygen atoms in total. The molecular formula is C22H25N3.